The summed E-state index contributed by atoms with van der Waals surface area (Å²) in [6.45, 7) is 6.67. The molecule has 0 aliphatic heterocycles. The van der Waals surface area contributed by atoms with Gasteiger partial charge in [-0.2, -0.15) is 4.37 Å². The molecule has 1 heterocycles. The Morgan fingerprint density at radius 1 is 1.47 bits per heavy atom. The number of nitrogens with zero attached hydrogens (tertiary/aromatic N) is 1. The summed E-state index contributed by atoms with van der Waals surface area (Å²) < 4.78 is 9.45. The summed E-state index contributed by atoms with van der Waals surface area (Å²) in [6, 6.07) is 0. The standard InChI is InChI=1S/C10H19N3OS/c1-3-6-14-7-4-5-12-10-8(2)9(11)13-15-10/h12H,3-7H2,1-2H3,(H2,11,13). The highest BCUT2D eigenvalue weighted by Crippen LogP contribution is 2.24. The Kier molecular flexibility index (Phi) is 5.42. The molecule has 1 aromatic rings. The minimum absolute atomic E-state index is 0.629. The molecule has 0 spiro atoms. The second-order valence-electron chi connectivity index (χ2n) is 3.41. The van der Waals surface area contributed by atoms with Gasteiger partial charge < -0.3 is 15.8 Å². The van der Waals surface area contributed by atoms with Crippen molar-refractivity contribution in [3.63, 3.8) is 0 Å². The third kappa shape index (κ3) is 4.05. The van der Waals surface area contributed by atoms with Gasteiger partial charge in [0.2, 0.25) is 0 Å². The van der Waals surface area contributed by atoms with E-state index in [9.17, 15) is 0 Å². The lowest BCUT2D eigenvalue weighted by molar-refractivity contribution is 0.134. The number of nitrogen functional groups attached to an aromatic ring is 1. The highest BCUT2D eigenvalue weighted by atomic mass is 32.1. The molecule has 4 nitrogen and oxygen atoms in total. The Balaban J connectivity index is 2.12. The van der Waals surface area contributed by atoms with Crippen molar-refractivity contribution >= 4 is 22.4 Å². The SMILES string of the molecule is CCCOCCCNc1snc(N)c1C. The molecule has 86 valence electrons. The van der Waals surface area contributed by atoms with Crippen LogP contribution in [-0.2, 0) is 4.74 Å². The maximum Gasteiger partial charge on any atom is 0.142 e. The molecule has 0 aromatic carbocycles. The molecule has 0 radical (unpaired) electrons. The second-order valence-corrected chi connectivity index (χ2v) is 4.19. The van der Waals surface area contributed by atoms with Crippen molar-refractivity contribution in [1.29, 1.82) is 0 Å². The van der Waals surface area contributed by atoms with Gasteiger partial charge in [-0.25, -0.2) is 0 Å². The summed E-state index contributed by atoms with van der Waals surface area (Å²) in [5, 5.41) is 4.38. The van der Waals surface area contributed by atoms with Crippen molar-refractivity contribution in [2.45, 2.75) is 26.7 Å². The number of hydrogen-bond acceptors (Lipinski definition) is 5. The van der Waals surface area contributed by atoms with Crippen LogP contribution in [0.3, 0.4) is 0 Å². The lowest BCUT2D eigenvalue weighted by atomic mass is 10.3. The van der Waals surface area contributed by atoms with Crippen LogP contribution in [0.15, 0.2) is 0 Å². The van der Waals surface area contributed by atoms with E-state index < -0.39 is 0 Å². The van der Waals surface area contributed by atoms with E-state index in [1.807, 2.05) is 6.92 Å². The molecule has 0 bridgehead atoms. The van der Waals surface area contributed by atoms with Crippen molar-refractivity contribution in [3.8, 4) is 0 Å². The minimum Gasteiger partial charge on any atom is -0.383 e. The Hall–Kier alpha value is -0.810. The van der Waals surface area contributed by atoms with Crippen LogP contribution in [0.1, 0.15) is 25.3 Å². The third-order valence-corrected chi connectivity index (χ3v) is 2.98. The van der Waals surface area contributed by atoms with Crippen LogP contribution in [-0.4, -0.2) is 24.1 Å². The highest BCUT2D eigenvalue weighted by molar-refractivity contribution is 7.10. The minimum atomic E-state index is 0.629. The van der Waals surface area contributed by atoms with Gasteiger partial charge in [0.25, 0.3) is 0 Å². The summed E-state index contributed by atoms with van der Waals surface area (Å²) in [5.41, 5.74) is 6.70. The Labute approximate surface area is 95.0 Å². The number of aromatic nitrogens is 1. The average molecular weight is 229 g/mol. The summed E-state index contributed by atoms with van der Waals surface area (Å²) in [7, 11) is 0. The molecule has 5 heteroatoms. The maximum atomic E-state index is 5.65. The fourth-order valence-corrected chi connectivity index (χ4v) is 1.87. The van der Waals surface area contributed by atoms with Crippen LogP contribution in [0, 0.1) is 6.92 Å². The van der Waals surface area contributed by atoms with Crippen molar-refractivity contribution in [1.82, 2.24) is 4.37 Å². The molecule has 15 heavy (non-hydrogen) atoms. The van der Waals surface area contributed by atoms with Crippen molar-refractivity contribution in [3.05, 3.63) is 5.56 Å². The first kappa shape index (κ1) is 12.3. The molecule has 1 aromatic heterocycles. The van der Waals surface area contributed by atoms with E-state index in [0.717, 1.165) is 43.2 Å². The average Bonchev–Trinajstić information content (AvgIpc) is 2.54. The van der Waals surface area contributed by atoms with Gasteiger partial charge in [-0.3, -0.25) is 0 Å². The molecule has 3 N–H and O–H groups in total. The third-order valence-electron chi connectivity index (χ3n) is 2.06. The number of anilines is 2. The first-order valence-electron chi connectivity index (χ1n) is 5.29. The first-order chi connectivity index (χ1) is 7.25. The molecular formula is C10H19N3OS. The molecule has 0 unspecified atom stereocenters. The predicted octanol–water partition coefficient (Wildman–Crippen LogP) is 2.26. The van der Waals surface area contributed by atoms with Crippen LogP contribution < -0.4 is 11.1 Å². The van der Waals surface area contributed by atoms with Gasteiger partial charge in [0.15, 0.2) is 0 Å². The largest absolute Gasteiger partial charge is 0.383 e. The highest BCUT2D eigenvalue weighted by Gasteiger charge is 2.04. The van der Waals surface area contributed by atoms with E-state index in [4.69, 9.17) is 10.5 Å². The molecule has 0 saturated heterocycles. The van der Waals surface area contributed by atoms with E-state index in [2.05, 4.69) is 16.6 Å². The zero-order valence-electron chi connectivity index (χ0n) is 9.38. The van der Waals surface area contributed by atoms with Gasteiger partial charge in [0.1, 0.15) is 10.8 Å². The van der Waals surface area contributed by atoms with E-state index in [1.165, 1.54) is 11.5 Å². The molecule has 0 aliphatic rings. The zero-order valence-corrected chi connectivity index (χ0v) is 10.2. The maximum absolute atomic E-state index is 5.65. The van der Waals surface area contributed by atoms with E-state index >= 15 is 0 Å². The van der Waals surface area contributed by atoms with Gasteiger partial charge in [-0.05, 0) is 31.3 Å². The second kappa shape index (κ2) is 6.63. The fraction of sp³-hybridized carbons (Fsp3) is 0.700. The predicted molar refractivity (Wildman–Crippen MR) is 65.5 cm³/mol. The summed E-state index contributed by atoms with van der Waals surface area (Å²) in [5.74, 6) is 0.629. The van der Waals surface area contributed by atoms with E-state index in [-0.39, 0.29) is 0 Å². The van der Waals surface area contributed by atoms with Gasteiger partial charge in [-0.1, -0.05) is 6.92 Å². The van der Waals surface area contributed by atoms with Crippen LogP contribution in [0.2, 0.25) is 0 Å². The monoisotopic (exact) mass is 229 g/mol. The van der Waals surface area contributed by atoms with Crippen molar-refractivity contribution < 1.29 is 4.74 Å². The fourth-order valence-electron chi connectivity index (χ4n) is 1.14. The number of ether oxygens (including phenoxy) is 1. The Morgan fingerprint density at radius 3 is 2.87 bits per heavy atom. The first-order valence-corrected chi connectivity index (χ1v) is 6.06. The molecule has 1 rings (SSSR count). The molecule has 0 aliphatic carbocycles. The van der Waals surface area contributed by atoms with Crippen LogP contribution in [0.5, 0.6) is 0 Å². The number of rotatable bonds is 7. The number of nitrogens with two attached hydrogens (primary N) is 1. The zero-order chi connectivity index (χ0) is 11.1. The Morgan fingerprint density at radius 2 is 2.27 bits per heavy atom. The number of nitrogens with one attached hydrogen (secondary N) is 1. The molecular weight excluding hydrogens is 210 g/mol. The normalized spacial score (nSPS) is 10.5. The van der Waals surface area contributed by atoms with E-state index in [1.54, 1.807) is 0 Å². The van der Waals surface area contributed by atoms with Crippen molar-refractivity contribution in [2.24, 2.45) is 0 Å². The summed E-state index contributed by atoms with van der Waals surface area (Å²) in [6.07, 6.45) is 2.09. The quantitative estimate of drug-likeness (QED) is 0.704. The van der Waals surface area contributed by atoms with Gasteiger partial charge >= 0.3 is 0 Å². The summed E-state index contributed by atoms with van der Waals surface area (Å²) >= 11 is 1.42. The topological polar surface area (TPSA) is 60.2 Å². The van der Waals surface area contributed by atoms with Crippen LogP contribution in [0.25, 0.3) is 0 Å². The smallest absolute Gasteiger partial charge is 0.142 e. The molecule has 0 atom stereocenters. The Bertz CT molecular complexity index is 288. The molecule has 0 amide bonds. The molecule has 0 fully saturated rings. The lowest BCUT2D eigenvalue weighted by Crippen LogP contribution is -2.05. The number of hydrogen-bond donors (Lipinski definition) is 2. The van der Waals surface area contributed by atoms with Gasteiger partial charge in [0.05, 0.1) is 0 Å². The van der Waals surface area contributed by atoms with Crippen LogP contribution >= 0.6 is 11.5 Å². The van der Waals surface area contributed by atoms with Crippen LogP contribution in [0.4, 0.5) is 10.8 Å². The molecule has 0 saturated carbocycles. The van der Waals surface area contributed by atoms with E-state index in [0.29, 0.717) is 5.82 Å². The lowest BCUT2D eigenvalue weighted by Gasteiger charge is -2.04. The van der Waals surface area contributed by atoms with Gasteiger partial charge in [-0.15, -0.1) is 0 Å². The summed E-state index contributed by atoms with van der Waals surface area (Å²) in [4.78, 5) is 0. The van der Waals surface area contributed by atoms with Crippen molar-refractivity contribution in [2.75, 3.05) is 30.8 Å². The van der Waals surface area contributed by atoms with Gasteiger partial charge in [0, 0.05) is 25.3 Å².